The van der Waals surface area contributed by atoms with Crippen LogP contribution in [0.3, 0.4) is 0 Å². The molecule has 0 spiro atoms. The molecule has 142 valence electrons. The number of oxime groups is 1. The zero-order chi connectivity index (χ0) is 18.3. The lowest BCUT2D eigenvalue weighted by molar-refractivity contribution is -0.252. The summed E-state index contributed by atoms with van der Waals surface area (Å²) in [6, 6.07) is 0. The molecule has 0 aromatic heterocycles. The fourth-order valence-electron chi connectivity index (χ4n) is 1.93. The van der Waals surface area contributed by atoms with Crippen LogP contribution in [-0.2, 0) is 19.4 Å². The van der Waals surface area contributed by atoms with E-state index in [-0.39, 0.29) is 11.5 Å². The van der Waals surface area contributed by atoms with Gasteiger partial charge in [0.25, 0.3) is 0 Å². The van der Waals surface area contributed by atoms with Crippen LogP contribution in [-0.4, -0.2) is 81.0 Å². The van der Waals surface area contributed by atoms with E-state index in [0.29, 0.717) is 6.42 Å². The average molecular weight is 407 g/mol. The molecule has 13 heteroatoms. The van der Waals surface area contributed by atoms with E-state index >= 15 is 0 Å². The van der Waals surface area contributed by atoms with E-state index in [1.165, 1.54) is 0 Å². The van der Waals surface area contributed by atoms with Crippen molar-refractivity contribution in [1.82, 2.24) is 0 Å². The summed E-state index contributed by atoms with van der Waals surface area (Å²) in [6.45, 7) is -0.542. The van der Waals surface area contributed by atoms with Crippen LogP contribution in [0.4, 0.5) is 0 Å². The number of rotatable bonds is 8. The van der Waals surface area contributed by atoms with Gasteiger partial charge in [-0.15, -0.1) is 0 Å². The van der Waals surface area contributed by atoms with E-state index in [0.717, 1.165) is 17.5 Å². The molecular formula is C11H21NO9S3. The van der Waals surface area contributed by atoms with Gasteiger partial charge in [-0.3, -0.25) is 4.55 Å². The Hall–Kier alpha value is -0.120. The van der Waals surface area contributed by atoms with Gasteiger partial charge in [-0.1, -0.05) is 16.9 Å². The molecule has 0 bridgehead atoms. The summed E-state index contributed by atoms with van der Waals surface area (Å²) in [4.78, 5) is 0. The molecule has 1 aliphatic heterocycles. The second-order valence-electron chi connectivity index (χ2n) is 4.92. The highest BCUT2D eigenvalue weighted by molar-refractivity contribution is 8.14. The summed E-state index contributed by atoms with van der Waals surface area (Å²) in [6.07, 6.45) is -1.90. The number of thioether (sulfide) groups is 2. The van der Waals surface area contributed by atoms with Crippen molar-refractivity contribution in [2.45, 2.75) is 36.8 Å². The van der Waals surface area contributed by atoms with Gasteiger partial charge in [0, 0.05) is 12.3 Å². The van der Waals surface area contributed by atoms with E-state index in [9.17, 15) is 28.8 Å². The van der Waals surface area contributed by atoms with Crippen molar-refractivity contribution < 1.29 is 42.4 Å². The number of hydrogen-bond donors (Lipinski definition) is 5. The minimum Gasteiger partial charge on any atom is -0.396 e. The molecule has 24 heavy (non-hydrogen) atoms. The molecule has 1 saturated heterocycles. The molecule has 1 rings (SSSR count). The Morgan fingerprint density at radius 2 is 1.96 bits per heavy atom. The second-order valence-corrected chi connectivity index (χ2v) is 8.09. The minimum absolute atomic E-state index is 0.126. The quantitative estimate of drug-likeness (QED) is 0.110. The maximum atomic E-state index is 10.7. The number of aliphatic hydroxyl groups is 4. The average Bonchev–Trinajstić information content (AvgIpc) is 2.50. The van der Waals surface area contributed by atoms with Crippen molar-refractivity contribution in [3.63, 3.8) is 0 Å². The lowest BCUT2D eigenvalue weighted by Gasteiger charge is -2.39. The monoisotopic (exact) mass is 407 g/mol. The molecule has 0 saturated carbocycles. The highest BCUT2D eigenvalue weighted by Crippen LogP contribution is 2.33. The van der Waals surface area contributed by atoms with Crippen LogP contribution in [0.15, 0.2) is 5.16 Å². The smallest absolute Gasteiger partial charge is 0.396 e. The first-order valence-corrected chi connectivity index (χ1v) is 10.5. The predicted octanol–water partition coefficient (Wildman–Crippen LogP) is -0.999. The Bertz CT molecular complexity index is 515. The van der Waals surface area contributed by atoms with Crippen LogP contribution in [0.2, 0.25) is 0 Å². The summed E-state index contributed by atoms with van der Waals surface area (Å²) in [5, 5.41) is 41.9. The molecule has 5 N–H and O–H groups in total. The van der Waals surface area contributed by atoms with Crippen molar-refractivity contribution in [1.29, 1.82) is 0 Å². The van der Waals surface area contributed by atoms with E-state index in [4.69, 9.17) is 9.29 Å². The largest absolute Gasteiger partial charge is 0.466 e. The van der Waals surface area contributed by atoms with Gasteiger partial charge in [-0.05, 0) is 18.4 Å². The van der Waals surface area contributed by atoms with Crippen LogP contribution in [0.25, 0.3) is 0 Å². The second kappa shape index (κ2) is 10.1. The Morgan fingerprint density at radius 3 is 2.50 bits per heavy atom. The Kier molecular flexibility index (Phi) is 9.25. The molecule has 5 unspecified atom stereocenters. The van der Waals surface area contributed by atoms with Crippen molar-refractivity contribution >= 4 is 39.0 Å². The normalized spacial score (nSPS) is 31.9. The standard InChI is InChI=1S/C11H21NO9S3/c1-22-4-2-3-7(12-21-24(17,18)19)23-11-6(5-13)8(14)9(15)10(16)20-11/h6,8-11,13-16H,2-5H2,1H3,(H,17,18,19). The first-order chi connectivity index (χ1) is 11.2. The molecule has 5 atom stereocenters. The fraction of sp³-hybridized carbons (Fsp3) is 0.909. The molecule has 0 aromatic rings. The van der Waals surface area contributed by atoms with Crippen LogP contribution in [0, 0.1) is 5.92 Å². The Morgan fingerprint density at radius 1 is 1.29 bits per heavy atom. The Balaban J connectivity index is 2.85. The third kappa shape index (κ3) is 7.01. The van der Waals surface area contributed by atoms with Gasteiger partial charge in [0.05, 0.1) is 12.7 Å². The number of nitrogens with zero attached hydrogens (tertiary/aromatic N) is 1. The first-order valence-electron chi connectivity index (χ1n) is 6.88. The highest BCUT2D eigenvalue weighted by atomic mass is 32.3. The van der Waals surface area contributed by atoms with Crippen LogP contribution >= 0.6 is 23.5 Å². The summed E-state index contributed by atoms with van der Waals surface area (Å²) < 4.78 is 39.1. The molecule has 0 aromatic carbocycles. The minimum atomic E-state index is -4.78. The number of aliphatic hydroxyl groups excluding tert-OH is 4. The number of hydrogen-bond acceptors (Lipinski definition) is 11. The lowest BCUT2D eigenvalue weighted by Crippen LogP contribution is -2.54. The molecule has 10 nitrogen and oxygen atoms in total. The molecule has 0 radical (unpaired) electrons. The maximum absolute atomic E-state index is 10.7. The van der Waals surface area contributed by atoms with Crippen LogP contribution < -0.4 is 0 Å². The third-order valence-corrected chi connectivity index (χ3v) is 5.34. The first kappa shape index (κ1) is 21.9. The molecule has 0 aliphatic carbocycles. The summed E-state index contributed by atoms with van der Waals surface area (Å²) in [5.41, 5.74) is -0.999. The van der Waals surface area contributed by atoms with Crippen LogP contribution in [0.1, 0.15) is 12.8 Å². The maximum Gasteiger partial charge on any atom is 0.466 e. The van der Waals surface area contributed by atoms with E-state index < -0.39 is 46.9 Å². The van der Waals surface area contributed by atoms with Gasteiger partial charge in [0.2, 0.25) is 0 Å². The SMILES string of the molecule is CSCCCC(=NOS(=O)(=O)O)SC1OC(O)C(O)C(O)C1CO. The van der Waals surface area contributed by atoms with Gasteiger partial charge in [0.1, 0.15) is 16.6 Å². The zero-order valence-corrected chi connectivity index (χ0v) is 15.2. The topological polar surface area (TPSA) is 166 Å². The summed E-state index contributed by atoms with van der Waals surface area (Å²) in [5.74, 6) is -0.186. The van der Waals surface area contributed by atoms with E-state index in [1.54, 1.807) is 11.8 Å². The Labute approximate surface area is 148 Å². The molecule has 1 fully saturated rings. The van der Waals surface area contributed by atoms with Gasteiger partial charge in [0.15, 0.2) is 6.29 Å². The van der Waals surface area contributed by atoms with Gasteiger partial charge >= 0.3 is 10.4 Å². The van der Waals surface area contributed by atoms with Crippen molar-refractivity contribution in [3.8, 4) is 0 Å². The lowest BCUT2D eigenvalue weighted by atomic mass is 9.96. The van der Waals surface area contributed by atoms with Crippen molar-refractivity contribution in [3.05, 3.63) is 0 Å². The fourth-order valence-corrected chi connectivity index (χ4v) is 3.79. The zero-order valence-electron chi connectivity index (χ0n) is 12.8. The van der Waals surface area contributed by atoms with Gasteiger partial charge in [-0.2, -0.15) is 20.2 Å². The van der Waals surface area contributed by atoms with Crippen molar-refractivity contribution in [2.24, 2.45) is 11.1 Å². The highest BCUT2D eigenvalue weighted by Gasteiger charge is 2.44. The van der Waals surface area contributed by atoms with Crippen molar-refractivity contribution in [2.75, 3.05) is 18.6 Å². The number of ether oxygens (including phenoxy) is 1. The summed E-state index contributed by atoms with van der Waals surface area (Å²) >= 11 is 2.39. The predicted molar refractivity (Wildman–Crippen MR) is 88.7 cm³/mol. The van der Waals surface area contributed by atoms with Gasteiger partial charge in [-0.25, -0.2) is 4.28 Å². The van der Waals surface area contributed by atoms with E-state index in [1.807, 2.05) is 6.26 Å². The molecule has 1 heterocycles. The van der Waals surface area contributed by atoms with Crippen LogP contribution in [0.5, 0.6) is 0 Å². The summed E-state index contributed by atoms with van der Waals surface area (Å²) in [7, 11) is -4.78. The molecule has 1 aliphatic rings. The molecule has 0 amide bonds. The van der Waals surface area contributed by atoms with E-state index in [2.05, 4.69) is 9.44 Å². The molecular weight excluding hydrogens is 386 g/mol. The van der Waals surface area contributed by atoms with Gasteiger partial charge < -0.3 is 25.2 Å². The third-order valence-electron chi connectivity index (χ3n) is 3.14.